The lowest BCUT2D eigenvalue weighted by Gasteiger charge is -2.12. The topological polar surface area (TPSA) is 98.2 Å². The molecule has 0 fully saturated rings. The minimum atomic E-state index is -4.00. The quantitative estimate of drug-likeness (QED) is 0.549. The second kappa shape index (κ2) is 9.19. The van der Waals surface area contributed by atoms with E-state index in [-0.39, 0.29) is 10.7 Å². The van der Waals surface area contributed by atoms with Crippen LogP contribution in [0, 0.1) is 5.82 Å². The van der Waals surface area contributed by atoms with Gasteiger partial charge in [0.25, 0.3) is 5.91 Å². The van der Waals surface area contributed by atoms with Crippen LogP contribution in [-0.4, -0.2) is 30.9 Å². The first-order chi connectivity index (χ1) is 14.3. The number of ether oxygens (including phenoxy) is 1. The number of anilines is 1. The molecule has 0 atom stereocenters. The van der Waals surface area contributed by atoms with E-state index in [0.29, 0.717) is 23.6 Å². The Morgan fingerprint density at radius 3 is 2.57 bits per heavy atom. The fourth-order valence-corrected chi connectivity index (χ4v) is 3.94. The van der Waals surface area contributed by atoms with Crippen LogP contribution >= 0.6 is 11.6 Å². The molecule has 1 N–H and O–H groups in total. The van der Waals surface area contributed by atoms with Crippen LogP contribution < -0.4 is 10.1 Å². The Balaban J connectivity index is 1.87. The van der Waals surface area contributed by atoms with Gasteiger partial charge in [0.1, 0.15) is 11.6 Å². The van der Waals surface area contributed by atoms with Crippen molar-refractivity contribution in [1.29, 1.82) is 0 Å². The summed E-state index contributed by atoms with van der Waals surface area (Å²) in [6.45, 7) is 2.20. The number of halogens is 2. The molecule has 0 bridgehead atoms. The lowest BCUT2D eigenvalue weighted by Crippen LogP contribution is -2.18. The minimum absolute atomic E-state index is 0.109. The van der Waals surface area contributed by atoms with E-state index in [4.69, 9.17) is 16.3 Å². The molecule has 0 aliphatic heterocycles. The summed E-state index contributed by atoms with van der Waals surface area (Å²) in [7, 11) is -4.00. The lowest BCUT2D eigenvalue weighted by molar-refractivity contribution is 0.102. The van der Waals surface area contributed by atoms with Gasteiger partial charge in [0.2, 0.25) is 15.0 Å². The van der Waals surface area contributed by atoms with Gasteiger partial charge < -0.3 is 10.1 Å². The number of para-hydroxylation sites is 2. The van der Waals surface area contributed by atoms with Crippen molar-refractivity contribution in [1.82, 2.24) is 9.97 Å². The number of nitrogens with one attached hydrogen (secondary N) is 1. The zero-order valence-corrected chi connectivity index (χ0v) is 17.4. The number of hydrogen-bond donors (Lipinski definition) is 1. The van der Waals surface area contributed by atoms with Gasteiger partial charge in [-0.2, -0.15) is 0 Å². The molecular weight excluding hydrogens is 433 g/mol. The SMILES string of the molecule is CCOc1ccccc1NC(=O)c1nc(S(=O)(=O)Cc2ccc(F)cc2)ncc1Cl. The van der Waals surface area contributed by atoms with E-state index in [1.807, 2.05) is 0 Å². The number of aromatic nitrogens is 2. The van der Waals surface area contributed by atoms with Crippen LogP contribution in [-0.2, 0) is 15.6 Å². The molecule has 0 saturated carbocycles. The standard InChI is InChI=1S/C20H17ClFN3O4S/c1-2-29-17-6-4-3-5-16(17)24-19(26)18-15(21)11-23-20(25-18)30(27,28)12-13-7-9-14(22)10-8-13/h3-11H,2,12H2,1H3,(H,24,26). The molecule has 30 heavy (non-hydrogen) atoms. The van der Waals surface area contributed by atoms with Gasteiger partial charge in [0.05, 0.1) is 29.3 Å². The second-order valence-corrected chi connectivity index (χ2v) is 8.41. The van der Waals surface area contributed by atoms with Crippen molar-refractivity contribution in [2.24, 2.45) is 0 Å². The van der Waals surface area contributed by atoms with Crippen molar-refractivity contribution in [2.75, 3.05) is 11.9 Å². The van der Waals surface area contributed by atoms with Crippen LogP contribution in [0.4, 0.5) is 10.1 Å². The van der Waals surface area contributed by atoms with Crippen molar-refractivity contribution in [3.8, 4) is 5.75 Å². The third kappa shape index (κ3) is 5.11. The van der Waals surface area contributed by atoms with Crippen LogP contribution in [0.3, 0.4) is 0 Å². The molecule has 1 heterocycles. The number of carbonyl (C=O) groups is 1. The Morgan fingerprint density at radius 2 is 1.87 bits per heavy atom. The molecule has 7 nitrogen and oxygen atoms in total. The molecule has 0 radical (unpaired) electrons. The molecule has 10 heteroatoms. The van der Waals surface area contributed by atoms with E-state index in [9.17, 15) is 17.6 Å². The number of hydrogen-bond acceptors (Lipinski definition) is 6. The van der Waals surface area contributed by atoms with Crippen molar-refractivity contribution in [3.05, 3.63) is 76.8 Å². The molecule has 0 aliphatic rings. The van der Waals surface area contributed by atoms with Crippen LogP contribution in [0.25, 0.3) is 0 Å². The second-order valence-electron chi connectivity index (χ2n) is 6.12. The normalized spacial score (nSPS) is 11.2. The predicted octanol–water partition coefficient (Wildman–Crippen LogP) is 3.89. The Labute approximate surface area is 177 Å². The van der Waals surface area contributed by atoms with E-state index in [0.717, 1.165) is 18.3 Å². The zero-order valence-electron chi connectivity index (χ0n) is 15.8. The van der Waals surface area contributed by atoms with Gasteiger partial charge in [-0.3, -0.25) is 4.79 Å². The molecule has 0 spiro atoms. The number of sulfone groups is 1. The van der Waals surface area contributed by atoms with E-state index < -0.39 is 32.5 Å². The molecule has 0 unspecified atom stereocenters. The first-order valence-corrected chi connectivity index (χ1v) is 10.9. The van der Waals surface area contributed by atoms with Gasteiger partial charge in [0.15, 0.2) is 5.69 Å². The lowest BCUT2D eigenvalue weighted by atomic mass is 10.2. The van der Waals surface area contributed by atoms with Crippen LogP contribution in [0.1, 0.15) is 23.0 Å². The summed E-state index contributed by atoms with van der Waals surface area (Å²) < 4.78 is 43.8. The minimum Gasteiger partial charge on any atom is -0.492 e. The maximum Gasteiger partial charge on any atom is 0.276 e. The average molecular weight is 450 g/mol. The van der Waals surface area contributed by atoms with E-state index in [1.54, 1.807) is 31.2 Å². The van der Waals surface area contributed by atoms with Crippen LogP contribution in [0.2, 0.25) is 5.02 Å². The first-order valence-electron chi connectivity index (χ1n) is 8.83. The predicted molar refractivity (Wildman–Crippen MR) is 110 cm³/mol. The number of rotatable bonds is 7. The third-order valence-corrected chi connectivity index (χ3v) is 5.66. The summed E-state index contributed by atoms with van der Waals surface area (Å²) in [4.78, 5) is 20.3. The summed E-state index contributed by atoms with van der Waals surface area (Å²) in [5, 5.41) is 1.95. The zero-order chi connectivity index (χ0) is 21.7. The summed E-state index contributed by atoms with van der Waals surface area (Å²) in [5.41, 5.74) is 0.442. The van der Waals surface area contributed by atoms with Crippen molar-refractivity contribution in [3.63, 3.8) is 0 Å². The van der Waals surface area contributed by atoms with Crippen molar-refractivity contribution >= 4 is 33.0 Å². The molecule has 1 amide bonds. The van der Waals surface area contributed by atoms with Gasteiger partial charge in [-0.15, -0.1) is 0 Å². The highest BCUT2D eigenvalue weighted by Gasteiger charge is 2.23. The summed E-state index contributed by atoms with van der Waals surface area (Å²) in [5.74, 6) is -1.20. The maximum absolute atomic E-state index is 13.0. The molecule has 2 aromatic carbocycles. The highest BCUT2D eigenvalue weighted by atomic mass is 35.5. The van der Waals surface area contributed by atoms with Gasteiger partial charge in [0, 0.05) is 0 Å². The van der Waals surface area contributed by atoms with Gasteiger partial charge in [-0.05, 0) is 36.8 Å². The molecule has 0 saturated heterocycles. The average Bonchev–Trinajstić information content (AvgIpc) is 2.71. The van der Waals surface area contributed by atoms with Gasteiger partial charge in [-0.1, -0.05) is 35.9 Å². The highest BCUT2D eigenvalue weighted by molar-refractivity contribution is 7.90. The van der Waals surface area contributed by atoms with Crippen LogP contribution in [0.5, 0.6) is 5.75 Å². The number of nitrogens with zero attached hydrogens (tertiary/aromatic N) is 2. The fraction of sp³-hybridized carbons (Fsp3) is 0.150. The number of amides is 1. The molecule has 156 valence electrons. The van der Waals surface area contributed by atoms with E-state index in [1.165, 1.54) is 12.1 Å². The Hall–Kier alpha value is -3.04. The van der Waals surface area contributed by atoms with Crippen LogP contribution in [0.15, 0.2) is 59.9 Å². The van der Waals surface area contributed by atoms with E-state index >= 15 is 0 Å². The summed E-state index contributed by atoms with van der Waals surface area (Å²) in [6, 6.07) is 11.8. The number of carbonyl (C=O) groups excluding carboxylic acids is 1. The molecule has 3 rings (SSSR count). The summed E-state index contributed by atoms with van der Waals surface area (Å²) in [6.07, 6.45) is 1.05. The fourth-order valence-electron chi connectivity index (χ4n) is 2.56. The first kappa shape index (κ1) is 21.7. The maximum atomic E-state index is 13.0. The molecular formula is C20H17ClFN3O4S. The molecule has 1 aromatic heterocycles. The van der Waals surface area contributed by atoms with Crippen molar-refractivity contribution < 1.29 is 22.3 Å². The smallest absolute Gasteiger partial charge is 0.276 e. The Bertz CT molecular complexity index is 1170. The highest BCUT2D eigenvalue weighted by Crippen LogP contribution is 2.25. The summed E-state index contributed by atoms with van der Waals surface area (Å²) >= 11 is 6.03. The van der Waals surface area contributed by atoms with Gasteiger partial charge in [-0.25, -0.2) is 22.8 Å². The largest absolute Gasteiger partial charge is 0.492 e. The monoisotopic (exact) mass is 449 g/mol. The number of benzene rings is 2. The Morgan fingerprint density at radius 1 is 1.17 bits per heavy atom. The van der Waals surface area contributed by atoms with Gasteiger partial charge >= 0.3 is 0 Å². The molecule has 3 aromatic rings. The third-order valence-electron chi connectivity index (χ3n) is 3.92. The van der Waals surface area contributed by atoms with Crippen molar-refractivity contribution in [2.45, 2.75) is 17.8 Å². The Kier molecular flexibility index (Phi) is 6.63. The van der Waals surface area contributed by atoms with E-state index in [2.05, 4.69) is 15.3 Å². The molecule has 0 aliphatic carbocycles.